The van der Waals surface area contributed by atoms with Crippen LogP contribution in [-0.4, -0.2) is 56.0 Å². The number of nitrogens with zero attached hydrogens (tertiary/aromatic N) is 2. The quantitative estimate of drug-likeness (QED) is 0.482. The van der Waals surface area contributed by atoms with Crippen molar-refractivity contribution >= 4 is 23.2 Å². The van der Waals surface area contributed by atoms with E-state index in [4.69, 9.17) is 0 Å². The summed E-state index contributed by atoms with van der Waals surface area (Å²) in [6.07, 6.45) is -3.72. The van der Waals surface area contributed by atoms with Crippen molar-refractivity contribution in [2.45, 2.75) is 19.5 Å². The Kier molecular flexibility index (Phi) is 7.91. The smallest absolute Gasteiger partial charge is 0.369 e. The molecule has 0 aliphatic carbocycles. The first-order valence-electron chi connectivity index (χ1n) is 10.6. The molecule has 0 saturated carbocycles. The monoisotopic (exact) mass is 466 g/mol. The van der Waals surface area contributed by atoms with Gasteiger partial charge in [-0.15, -0.1) is 0 Å². The van der Waals surface area contributed by atoms with E-state index >= 15 is 0 Å². The molecule has 0 spiro atoms. The average molecular weight is 466 g/mol. The van der Waals surface area contributed by atoms with E-state index < -0.39 is 23.5 Å². The lowest BCUT2D eigenvalue weighted by atomic mass is 10.1. The second kappa shape index (κ2) is 10.7. The van der Waals surface area contributed by atoms with Gasteiger partial charge in [-0.3, -0.25) is 14.5 Å². The Morgan fingerprint density at radius 3 is 2.42 bits per heavy atom. The molecule has 3 rings (SSSR count). The summed E-state index contributed by atoms with van der Waals surface area (Å²) in [6, 6.07) is 9.14. The van der Waals surface area contributed by atoms with Crippen molar-refractivity contribution in [1.29, 1.82) is 0 Å². The number of amides is 2. The first-order valence-corrected chi connectivity index (χ1v) is 10.6. The third-order valence-electron chi connectivity index (χ3n) is 5.38. The highest BCUT2D eigenvalue weighted by molar-refractivity contribution is 5.97. The molecule has 0 radical (unpaired) electrons. The van der Waals surface area contributed by atoms with E-state index in [9.17, 15) is 27.2 Å². The Balaban J connectivity index is 1.42. The second-order valence-corrected chi connectivity index (χ2v) is 7.86. The van der Waals surface area contributed by atoms with E-state index in [0.29, 0.717) is 57.1 Å². The molecule has 0 atom stereocenters. The standard InChI is InChI=1S/C23H26F4N4O2/c1-16(32)29-18-6-7-21(24)20(15-18)22(33)28-8-3-9-30-10-12-31(13-11-30)19-5-2-4-17(14-19)23(25,26)27/h2,4-7,14-15H,3,8-13H2,1H3,(H,28,33)(H,29,32). The predicted octanol–water partition coefficient (Wildman–Crippen LogP) is 3.75. The summed E-state index contributed by atoms with van der Waals surface area (Å²) in [5.41, 5.74) is 0.0983. The van der Waals surface area contributed by atoms with Crippen LogP contribution in [-0.2, 0) is 11.0 Å². The molecule has 1 heterocycles. The van der Waals surface area contributed by atoms with Crippen molar-refractivity contribution in [3.63, 3.8) is 0 Å². The molecule has 2 amide bonds. The number of benzene rings is 2. The van der Waals surface area contributed by atoms with E-state index in [2.05, 4.69) is 15.5 Å². The Morgan fingerprint density at radius 1 is 1.03 bits per heavy atom. The van der Waals surface area contributed by atoms with Gasteiger partial charge in [-0.1, -0.05) is 6.07 Å². The summed E-state index contributed by atoms with van der Waals surface area (Å²) < 4.78 is 52.8. The zero-order chi connectivity index (χ0) is 24.0. The van der Waals surface area contributed by atoms with Crippen molar-refractivity contribution in [3.8, 4) is 0 Å². The van der Waals surface area contributed by atoms with Crippen molar-refractivity contribution in [1.82, 2.24) is 10.2 Å². The minimum absolute atomic E-state index is 0.143. The van der Waals surface area contributed by atoms with Crippen LogP contribution in [0.25, 0.3) is 0 Å². The Morgan fingerprint density at radius 2 is 1.76 bits per heavy atom. The molecule has 178 valence electrons. The Bertz CT molecular complexity index is 989. The summed E-state index contributed by atoms with van der Waals surface area (Å²) in [5, 5.41) is 5.19. The summed E-state index contributed by atoms with van der Waals surface area (Å²) >= 11 is 0. The first kappa shape index (κ1) is 24.5. The fraction of sp³-hybridized carbons (Fsp3) is 0.391. The van der Waals surface area contributed by atoms with Gasteiger partial charge < -0.3 is 15.5 Å². The number of alkyl halides is 3. The third-order valence-corrected chi connectivity index (χ3v) is 5.38. The molecule has 1 aliphatic heterocycles. The molecule has 1 aliphatic rings. The average Bonchev–Trinajstić information content (AvgIpc) is 2.77. The largest absolute Gasteiger partial charge is 0.416 e. The molecule has 10 heteroatoms. The minimum Gasteiger partial charge on any atom is -0.369 e. The molecule has 0 bridgehead atoms. The summed E-state index contributed by atoms with van der Waals surface area (Å²) in [4.78, 5) is 27.5. The van der Waals surface area contributed by atoms with Gasteiger partial charge >= 0.3 is 6.18 Å². The van der Waals surface area contributed by atoms with Crippen LogP contribution in [0.5, 0.6) is 0 Å². The molecule has 2 aromatic carbocycles. The molecule has 0 aromatic heterocycles. The molecule has 2 N–H and O–H groups in total. The van der Waals surface area contributed by atoms with Gasteiger partial charge in [0.1, 0.15) is 5.82 Å². The highest BCUT2D eigenvalue weighted by Crippen LogP contribution is 2.31. The molecular weight excluding hydrogens is 440 g/mol. The van der Waals surface area contributed by atoms with Crippen LogP contribution in [0.2, 0.25) is 0 Å². The van der Waals surface area contributed by atoms with Gasteiger partial charge in [0.05, 0.1) is 11.1 Å². The van der Waals surface area contributed by atoms with Crippen LogP contribution < -0.4 is 15.5 Å². The number of hydrogen-bond acceptors (Lipinski definition) is 4. The molecular formula is C23H26F4N4O2. The van der Waals surface area contributed by atoms with Crippen LogP contribution >= 0.6 is 0 Å². The number of carbonyl (C=O) groups is 2. The van der Waals surface area contributed by atoms with Gasteiger partial charge in [0.25, 0.3) is 5.91 Å². The second-order valence-electron chi connectivity index (χ2n) is 7.86. The van der Waals surface area contributed by atoms with Gasteiger partial charge in [0.2, 0.25) is 5.91 Å². The molecule has 0 unspecified atom stereocenters. The van der Waals surface area contributed by atoms with Gasteiger partial charge in [-0.25, -0.2) is 4.39 Å². The van der Waals surface area contributed by atoms with Crippen molar-refractivity contribution in [2.75, 3.05) is 49.5 Å². The van der Waals surface area contributed by atoms with Crippen molar-refractivity contribution in [3.05, 3.63) is 59.4 Å². The lowest BCUT2D eigenvalue weighted by Gasteiger charge is -2.36. The molecule has 6 nitrogen and oxygen atoms in total. The van der Waals surface area contributed by atoms with Crippen LogP contribution in [0.15, 0.2) is 42.5 Å². The SMILES string of the molecule is CC(=O)Nc1ccc(F)c(C(=O)NCCCN2CCN(c3cccc(C(F)(F)F)c3)CC2)c1. The van der Waals surface area contributed by atoms with E-state index in [-0.39, 0.29) is 11.5 Å². The van der Waals surface area contributed by atoms with E-state index in [1.54, 1.807) is 6.07 Å². The summed E-state index contributed by atoms with van der Waals surface area (Å²) in [6.45, 7) is 4.96. The van der Waals surface area contributed by atoms with Crippen LogP contribution in [0.3, 0.4) is 0 Å². The minimum atomic E-state index is -4.36. The normalized spacial score (nSPS) is 14.8. The molecule has 1 fully saturated rings. The number of hydrogen-bond donors (Lipinski definition) is 2. The van der Waals surface area contributed by atoms with Crippen LogP contribution in [0, 0.1) is 5.82 Å². The number of piperazine rings is 1. The van der Waals surface area contributed by atoms with Crippen molar-refractivity contribution in [2.24, 2.45) is 0 Å². The Labute approximate surface area is 189 Å². The van der Waals surface area contributed by atoms with Crippen molar-refractivity contribution < 1.29 is 27.2 Å². The zero-order valence-corrected chi connectivity index (χ0v) is 18.2. The highest BCUT2D eigenvalue weighted by Gasteiger charge is 2.31. The van der Waals surface area contributed by atoms with Gasteiger partial charge in [-0.05, 0) is 49.4 Å². The number of rotatable bonds is 7. The van der Waals surface area contributed by atoms with Crippen LogP contribution in [0.4, 0.5) is 28.9 Å². The number of anilines is 2. The lowest BCUT2D eigenvalue weighted by Crippen LogP contribution is -2.47. The van der Waals surface area contributed by atoms with Gasteiger partial charge in [-0.2, -0.15) is 13.2 Å². The van der Waals surface area contributed by atoms with Gasteiger partial charge in [0, 0.05) is 51.0 Å². The van der Waals surface area contributed by atoms with E-state index in [0.717, 1.165) is 12.1 Å². The molecule has 33 heavy (non-hydrogen) atoms. The van der Waals surface area contributed by atoms with Gasteiger partial charge in [0.15, 0.2) is 0 Å². The molecule has 2 aromatic rings. The lowest BCUT2D eigenvalue weighted by molar-refractivity contribution is -0.137. The maximum atomic E-state index is 14.0. The summed E-state index contributed by atoms with van der Waals surface area (Å²) in [5.74, 6) is -1.55. The maximum Gasteiger partial charge on any atom is 0.416 e. The number of nitrogens with one attached hydrogen (secondary N) is 2. The third kappa shape index (κ3) is 6.92. The fourth-order valence-electron chi connectivity index (χ4n) is 3.69. The van der Waals surface area contributed by atoms with E-state index in [1.165, 1.54) is 31.2 Å². The summed E-state index contributed by atoms with van der Waals surface area (Å²) in [7, 11) is 0. The van der Waals surface area contributed by atoms with E-state index in [1.807, 2.05) is 4.90 Å². The predicted molar refractivity (Wildman–Crippen MR) is 118 cm³/mol. The number of carbonyl (C=O) groups excluding carboxylic acids is 2. The highest BCUT2D eigenvalue weighted by atomic mass is 19.4. The molecule has 1 saturated heterocycles. The first-order chi connectivity index (χ1) is 15.6. The maximum absolute atomic E-state index is 14.0. The fourth-order valence-corrected chi connectivity index (χ4v) is 3.69. The van der Waals surface area contributed by atoms with Crippen LogP contribution in [0.1, 0.15) is 29.3 Å². The topological polar surface area (TPSA) is 64.7 Å². The zero-order valence-electron chi connectivity index (χ0n) is 18.2. The Hall–Kier alpha value is -3.14. The number of halogens is 4.